The summed E-state index contributed by atoms with van der Waals surface area (Å²) in [4.78, 5) is 30.0. The van der Waals surface area contributed by atoms with Crippen molar-refractivity contribution >= 4 is 11.8 Å². The van der Waals surface area contributed by atoms with E-state index in [-0.39, 0.29) is 17.9 Å². The Labute approximate surface area is 183 Å². The van der Waals surface area contributed by atoms with E-state index in [0.29, 0.717) is 49.9 Å². The lowest BCUT2D eigenvalue weighted by Crippen LogP contribution is -2.49. The average molecular weight is 423 g/mol. The maximum absolute atomic E-state index is 13.4. The van der Waals surface area contributed by atoms with Gasteiger partial charge in [-0.3, -0.25) is 9.59 Å². The summed E-state index contributed by atoms with van der Waals surface area (Å²) in [6, 6.07) is 15.0. The van der Waals surface area contributed by atoms with Gasteiger partial charge in [0.25, 0.3) is 11.8 Å². The van der Waals surface area contributed by atoms with E-state index in [9.17, 15) is 9.59 Å². The summed E-state index contributed by atoms with van der Waals surface area (Å²) in [5, 5.41) is 0. The number of rotatable bonds is 5. The van der Waals surface area contributed by atoms with Gasteiger partial charge in [-0.05, 0) is 49.6 Å². The van der Waals surface area contributed by atoms with Crippen LogP contribution in [0.1, 0.15) is 53.3 Å². The minimum absolute atomic E-state index is 0.0188. The largest absolute Gasteiger partial charge is 0.490 e. The molecular weight excluding hydrogens is 392 g/mol. The molecule has 0 saturated carbocycles. The topological polar surface area (TPSA) is 59.1 Å². The molecule has 2 aromatic rings. The third-order valence-corrected chi connectivity index (χ3v) is 5.93. The van der Waals surface area contributed by atoms with Crippen LogP contribution >= 0.6 is 0 Å². The maximum atomic E-state index is 13.4. The van der Waals surface area contributed by atoms with Gasteiger partial charge in [0.05, 0.1) is 13.2 Å². The van der Waals surface area contributed by atoms with Crippen LogP contribution in [0.25, 0.3) is 0 Å². The normalized spacial score (nSPS) is 16.5. The fourth-order valence-corrected chi connectivity index (χ4v) is 4.30. The number of nitrogens with zero attached hydrogens (tertiary/aromatic N) is 2. The second kappa shape index (κ2) is 9.86. The van der Waals surface area contributed by atoms with E-state index in [0.717, 1.165) is 31.2 Å². The Morgan fingerprint density at radius 1 is 0.968 bits per heavy atom. The van der Waals surface area contributed by atoms with Crippen molar-refractivity contribution in [2.45, 2.75) is 38.6 Å². The van der Waals surface area contributed by atoms with E-state index in [1.54, 1.807) is 6.07 Å². The second-order valence-electron chi connectivity index (χ2n) is 8.10. The van der Waals surface area contributed by atoms with Gasteiger partial charge in [-0.15, -0.1) is 0 Å². The van der Waals surface area contributed by atoms with E-state index in [4.69, 9.17) is 9.47 Å². The molecule has 4 rings (SSSR count). The average Bonchev–Trinajstić information content (AvgIpc) is 3.07. The van der Waals surface area contributed by atoms with Crippen molar-refractivity contribution in [2.24, 2.45) is 0 Å². The fourth-order valence-electron chi connectivity index (χ4n) is 4.30. The van der Waals surface area contributed by atoms with Crippen LogP contribution in [-0.2, 0) is 0 Å². The first-order chi connectivity index (χ1) is 15.2. The molecule has 164 valence electrons. The molecule has 2 heterocycles. The Balaban J connectivity index is 1.44. The zero-order valence-electron chi connectivity index (χ0n) is 18.1. The summed E-state index contributed by atoms with van der Waals surface area (Å²) in [5.74, 6) is 1.42. The third-order valence-electron chi connectivity index (χ3n) is 5.93. The predicted molar refractivity (Wildman–Crippen MR) is 119 cm³/mol. The number of hydrogen-bond acceptors (Lipinski definition) is 4. The lowest BCUT2D eigenvalue weighted by atomic mass is 10.0. The molecule has 2 aliphatic rings. The van der Waals surface area contributed by atoms with Gasteiger partial charge in [0.1, 0.15) is 0 Å². The van der Waals surface area contributed by atoms with Crippen LogP contribution in [0.5, 0.6) is 11.5 Å². The first-order valence-corrected chi connectivity index (χ1v) is 11.2. The Morgan fingerprint density at radius 3 is 2.39 bits per heavy atom. The highest BCUT2D eigenvalue weighted by Crippen LogP contribution is 2.31. The zero-order valence-corrected chi connectivity index (χ0v) is 18.1. The first kappa shape index (κ1) is 21.2. The molecule has 0 unspecified atom stereocenters. The monoisotopic (exact) mass is 422 g/mol. The lowest BCUT2D eigenvalue weighted by molar-refractivity contribution is 0.0519. The highest BCUT2D eigenvalue weighted by atomic mass is 16.5. The van der Waals surface area contributed by atoms with Gasteiger partial charge in [0, 0.05) is 43.2 Å². The minimum atomic E-state index is 0.0188. The molecule has 0 atom stereocenters. The molecule has 2 aliphatic heterocycles. The van der Waals surface area contributed by atoms with Crippen molar-refractivity contribution in [3.8, 4) is 11.5 Å². The maximum Gasteiger partial charge on any atom is 0.254 e. The predicted octanol–water partition coefficient (Wildman–Crippen LogP) is 4.00. The highest BCUT2D eigenvalue weighted by Gasteiger charge is 2.30. The molecule has 0 bridgehead atoms. The summed E-state index contributed by atoms with van der Waals surface area (Å²) in [6.45, 7) is 5.33. The number of piperidine rings is 1. The molecule has 31 heavy (non-hydrogen) atoms. The number of benzene rings is 2. The Morgan fingerprint density at radius 2 is 1.68 bits per heavy atom. The first-order valence-electron chi connectivity index (χ1n) is 11.2. The molecule has 6 nitrogen and oxygen atoms in total. The molecule has 0 N–H and O–H groups in total. The Hall–Kier alpha value is -3.02. The molecule has 2 amide bonds. The van der Waals surface area contributed by atoms with E-state index in [1.165, 1.54) is 0 Å². The molecule has 6 heteroatoms. The van der Waals surface area contributed by atoms with Gasteiger partial charge in [0.2, 0.25) is 0 Å². The molecule has 0 aromatic heterocycles. The van der Waals surface area contributed by atoms with Gasteiger partial charge in [-0.2, -0.15) is 0 Å². The van der Waals surface area contributed by atoms with Crippen molar-refractivity contribution in [2.75, 3.05) is 32.8 Å². The third kappa shape index (κ3) is 4.84. The van der Waals surface area contributed by atoms with Crippen molar-refractivity contribution in [3.05, 3.63) is 59.7 Å². The van der Waals surface area contributed by atoms with E-state index in [2.05, 4.69) is 6.92 Å². The fraction of sp³-hybridized carbons (Fsp3) is 0.440. The van der Waals surface area contributed by atoms with E-state index in [1.807, 2.05) is 52.3 Å². The van der Waals surface area contributed by atoms with E-state index >= 15 is 0 Å². The zero-order chi connectivity index (χ0) is 21.6. The van der Waals surface area contributed by atoms with Gasteiger partial charge in [-0.25, -0.2) is 0 Å². The van der Waals surface area contributed by atoms with Gasteiger partial charge in [-0.1, -0.05) is 25.1 Å². The number of amides is 2. The lowest BCUT2D eigenvalue weighted by Gasteiger charge is -2.38. The van der Waals surface area contributed by atoms with Crippen LogP contribution in [0.15, 0.2) is 48.5 Å². The van der Waals surface area contributed by atoms with Crippen LogP contribution in [0, 0.1) is 0 Å². The van der Waals surface area contributed by atoms with Gasteiger partial charge in [0.15, 0.2) is 11.5 Å². The molecule has 1 fully saturated rings. The molecule has 1 saturated heterocycles. The second-order valence-corrected chi connectivity index (χ2v) is 8.10. The van der Waals surface area contributed by atoms with Gasteiger partial charge >= 0.3 is 0 Å². The quantitative estimate of drug-likeness (QED) is 0.731. The minimum Gasteiger partial charge on any atom is -0.490 e. The van der Waals surface area contributed by atoms with Crippen molar-refractivity contribution in [1.82, 2.24) is 9.80 Å². The molecule has 2 aromatic carbocycles. The van der Waals surface area contributed by atoms with Crippen LogP contribution in [0.4, 0.5) is 0 Å². The Kier molecular flexibility index (Phi) is 6.75. The summed E-state index contributed by atoms with van der Waals surface area (Å²) >= 11 is 0. The number of carbonyl (C=O) groups excluding carboxylic acids is 2. The number of fused-ring (bicyclic) bond motifs is 1. The summed E-state index contributed by atoms with van der Waals surface area (Å²) in [6.07, 6.45) is 3.30. The van der Waals surface area contributed by atoms with Crippen molar-refractivity contribution in [3.63, 3.8) is 0 Å². The Bertz CT molecular complexity index is 907. The van der Waals surface area contributed by atoms with E-state index < -0.39 is 0 Å². The number of ether oxygens (including phenoxy) is 2. The van der Waals surface area contributed by atoms with Crippen molar-refractivity contribution < 1.29 is 19.1 Å². The van der Waals surface area contributed by atoms with Gasteiger partial charge < -0.3 is 19.3 Å². The summed E-state index contributed by atoms with van der Waals surface area (Å²) in [7, 11) is 0. The molecular formula is C25H30N2O4. The smallest absolute Gasteiger partial charge is 0.254 e. The molecule has 0 spiro atoms. The SMILES string of the molecule is CCCN(C(=O)c1ccc2c(c1)OCCCO2)C1CCN(C(=O)c2ccccc2)CC1. The highest BCUT2D eigenvalue weighted by molar-refractivity contribution is 5.95. The van der Waals surface area contributed by atoms with Crippen LogP contribution in [0.3, 0.4) is 0 Å². The number of hydrogen-bond donors (Lipinski definition) is 0. The number of carbonyl (C=O) groups is 2. The van der Waals surface area contributed by atoms with Crippen molar-refractivity contribution in [1.29, 1.82) is 0 Å². The summed E-state index contributed by atoms with van der Waals surface area (Å²) < 4.78 is 11.5. The molecule has 0 radical (unpaired) electrons. The van der Waals surface area contributed by atoms with Crippen LogP contribution in [0.2, 0.25) is 0 Å². The molecule has 0 aliphatic carbocycles. The van der Waals surface area contributed by atoms with Crippen LogP contribution < -0.4 is 9.47 Å². The van der Waals surface area contributed by atoms with Crippen LogP contribution in [-0.4, -0.2) is 60.5 Å². The number of likely N-dealkylation sites (tertiary alicyclic amines) is 1. The standard InChI is InChI=1S/C25H30N2O4/c1-2-13-27(25(29)20-9-10-22-23(18-20)31-17-6-16-30-22)21-11-14-26(15-12-21)24(28)19-7-4-3-5-8-19/h3-5,7-10,18,21H,2,6,11-17H2,1H3. The summed E-state index contributed by atoms with van der Waals surface area (Å²) in [5.41, 5.74) is 1.34.